The molecule has 27 heavy (non-hydrogen) atoms. The highest BCUT2D eigenvalue weighted by Crippen LogP contribution is 2.26. The van der Waals surface area contributed by atoms with Gasteiger partial charge in [0, 0.05) is 16.2 Å². The van der Waals surface area contributed by atoms with E-state index in [1.807, 2.05) is 12.1 Å². The first-order valence-corrected chi connectivity index (χ1v) is 9.15. The Morgan fingerprint density at radius 3 is 2.41 bits per heavy atom. The first-order chi connectivity index (χ1) is 12.9. The number of aromatic hydroxyl groups is 1. The third-order valence-electron chi connectivity index (χ3n) is 3.70. The van der Waals surface area contributed by atoms with E-state index in [2.05, 4.69) is 21.2 Å². The van der Waals surface area contributed by atoms with Crippen LogP contribution in [-0.4, -0.2) is 22.3 Å². The molecule has 0 unspecified atom stereocenters. The van der Waals surface area contributed by atoms with Gasteiger partial charge in [0.2, 0.25) is 0 Å². The lowest BCUT2D eigenvalue weighted by Crippen LogP contribution is -2.17. The second kappa shape index (κ2) is 10.4. The molecule has 0 aliphatic carbocycles. The number of nitrogens with one attached hydrogen (secondary N) is 1. The molecule has 0 spiro atoms. The normalized spacial score (nSPS) is 11.9. The molecule has 2 aromatic carbocycles. The number of hydrogen-bond acceptors (Lipinski definition) is 4. The maximum atomic E-state index is 12.2. The molecule has 1 atom stereocenters. The van der Waals surface area contributed by atoms with E-state index in [4.69, 9.17) is 9.84 Å². The van der Waals surface area contributed by atoms with E-state index in [0.29, 0.717) is 24.9 Å². The molecular weight excluding hydrogens is 414 g/mol. The van der Waals surface area contributed by atoms with Crippen molar-refractivity contribution < 1.29 is 24.5 Å². The Morgan fingerprint density at radius 2 is 1.78 bits per heavy atom. The molecule has 0 fully saturated rings. The standard InChI is InChI=1S/C20H20BrNO5/c21-15-8-10-16(11-9-15)22-20(26)27-18(4-2-1-3-5-19(24)25)14-6-12-17(23)13-7-14/h3,5-13,18,23H,1-2,4H2,(H,22,26)(H,24,25)/b5-3+/t18-/m0/s1. The number of carboxylic acid groups (broad SMARTS) is 1. The summed E-state index contributed by atoms with van der Waals surface area (Å²) in [4.78, 5) is 22.7. The number of ether oxygens (including phenoxy) is 1. The Labute approximate surface area is 165 Å². The van der Waals surface area contributed by atoms with Gasteiger partial charge in [-0.25, -0.2) is 9.59 Å². The van der Waals surface area contributed by atoms with Crippen LogP contribution in [0.1, 0.15) is 30.9 Å². The molecule has 0 saturated carbocycles. The summed E-state index contributed by atoms with van der Waals surface area (Å²) in [6, 6.07) is 13.6. The van der Waals surface area contributed by atoms with Gasteiger partial charge in [-0.05, 0) is 61.2 Å². The van der Waals surface area contributed by atoms with Gasteiger partial charge in [0.05, 0.1) is 0 Å². The fourth-order valence-electron chi connectivity index (χ4n) is 2.40. The van der Waals surface area contributed by atoms with Crippen molar-refractivity contribution in [1.29, 1.82) is 0 Å². The van der Waals surface area contributed by atoms with Crippen LogP contribution >= 0.6 is 15.9 Å². The lowest BCUT2D eigenvalue weighted by atomic mass is 10.0. The van der Waals surface area contributed by atoms with Gasteiger partial charge in [-0.2, -0.15) is 0 Å². The summed E-state index contributed by atoms with van der Waals surface area (Å²) in [5.41, 5.74) is 1.36. The number of benzene rings is 2. The number of aliphatic carboxylic acids is 1. The van der Waals surface area contributed by atoms with Crippen LogP contribution in [0.5, 0.6) is 5.75 Å². The Kier molecular flexibility index (Phi) is 7.88. The van der Waals surface area contributed by atoms with E-state index in [1.165, 1.54) is 12.1 Å². The van der Waals surface area contributed by atoms with Gasteiger partial charge < -0.3 is 14.9 Å². The van der Waals surface area contributed by atoms with Crippen molar-refractivity contribution in [2.75, 3.05) is 5.32 Å². The summed E-state index contributed by atoms with van der Waals surface area (Å²) < 4.78 is 6.46. The maximum absolute atomic E-state index is 12.2. The second-order valence-electron chi connectivity index (χ2n) is 5.79. The van der Waals surface area contributed by atoms with Crippen LogP contribution in [-0.2, 0) is 9.53 Å². The Balaban J connectivity index is 1.99. The number of carbonyl (C=O) groups is 2. The second-order valence-corrected chi connectivity index (χ2v) is 6.70. The van der Waals surface area contributed by atoms with E-state index in [-0.39, 0.29) is 5.75 Å². The summed E-state index contributed by atoms with van der Waals surface area (Å²) in [7, 11) is 0. The van der Waals surface area contributed by atoms with Crippen molar-refractivity contribution in [3.63, 3.8) is 0 Å². The van der Waals surface area contributed by atoms with Crippen LogP contribution in [0, 0.1) is 0 Å². The zero-order valence-corrected chi connectivity index (χ0v) is 16.1. The number of rotatable bonds is 8. The number of phenols is 1. The largest absolute Gasteiger partial charge is 0.508 e. The molecule has 0 radical (unpaired) electrons. The highest BCUT2D eigenvalue weighted by Gasteiger charge is 2.17. The molecule has 0 aliphatic heterocycles. The minimum Gasteiger partial charge on any atom is -0.508 e. The van der Waals surface area contributed by atoms with Crippen LogP contribution in [0.25, 0.3) is 0 Å². The Morgan fingerprint density at radius 1 is 1.11 bits per heavy atom. The number of amides is 1. The number of anilines is 1. The quantitative estimate of drug-likeness (QED) is 0.389. The number of carboxylic acids is 1. The first kappa shape index (κ1) is 20.5. The number of allylic oxidation sites excluding steroid dienone is 1. The number of carbonyl (C=O) groups excluding carboxylic acids is 1. The number of halogens is 1. The average Bonchev–Trinajstić information content (AvgIpc) is 2.63. The third kappa shape index (κ3) is 7.53. The van der Waals surface area contributed by atoms with Gasteiger partial charge in [0.15, 0.2) is 0 Å². The third-order valence-corrected chi connectivity index (χ3v) is 4.23. The minimum atomic E-state index is -0.991. The van der Waals surface area contributed by atoms with Crippen LogP contribution in [0.3, 0.4) is 0 Å². The van der Waals surface area contributed by atoms with Crippen molar-refractivity contribution in [1.82, 2.24) is 0 Å². The van der Waals surface area contributed by atoms with Crippen molar-refractivity contribution >= 4 is 33.7 Å². The number of hydrogen-bond donors (Lipinski definition) is 3. The first-order valence-electron chi connectivity index (χ1n) is 8.35. The molecule has 0 heterocycles. The van der Waals surface area contributed by atoms with Gasteiger partial charge in [-0.3, -0.25) is 5.32 Å². The molecule has 6 nitrogen and oxygen atoms in total. The lowest BCUT2D eigenvalue weighted by Gasteiger charge is -2.18. The smallest absolute Gasteiger partial charge is 0.412 e. The van der Waals surface area contributed by atoms with E-state index < -0.39 is 18.2 Å². The molecule has 0 bridgehead atoms. The van der Waals surface area contributed by atoms with E-state index in [1.54, 1.807) is 30.3 Å². The molecule has 3 N–H and O–H groups in total. The zero-order chi connectivity index (χ0) is 19.6. The average molecular weight is 434 g/mol. The lowest BCUT2D eigenvalue weighted by molar-refractivity contribution is -0.131. The summed E-state index contributed by atoms with van der Waals surface area (Å²) in [5.74, 6) is -0.864. The van der Waals surface area contributed by atoms with Gasteiger partial charge in [0.25, 0.3) is 0 Å². The summed E-state index contributed by atoms with van der Waals surface area (Å²) >= 11 is 3.33. The van der Waals surface area contributed by atoms with Gasteiger partial charge in [0.1, 0.15) is 11.9 Å². The Hall–Kier alpha value is -2.80. The van der Waals surface area contributed by atoms with Crippen LogP contribution in [0.2, 0.25) is 0 Å². The predicted molar refractivity (Wildman–Crippen MR) is 106 cm³/mol. The SMILES string of the molecule is O=C(O)/C=C/CCC[C@H](OC(=O)Nc1ccc(Br)cc1)c1ccc(O)cc1. The Bertz CT molecular complexity index is 787. The molecule has 2 rings (SSSR count). The maximum Gasteiger partial charge on any atom is 0.412 e. The zero-order valence-electron chi connectivity index (χ0n) is 14.5. The molecule has 0 aliphatic rings. The fraction of sp³-hybridized carbons (Fsp3) is 0.200. The molecule has 0 saturated heterocycles. The van der Waals surface area contributed by atoms with Gasteiger partial charge in [-0.15, -0.1) is 0 Å². The van der Waals surface area contributed by atoms with E-state index >= 15 is 0 Å². The molecule has 1 amide bonds. The summed E-state index contributed by atoms with van der Waals surface area (Å²) in [6.07, 6.45) is 3.27. The number of phenolic OH excluding ortho intramolecular Hbond substituents is 1. The van der Waals surface area contributed by atoms with Crippen molar-refractivity contribution in [3.8, 4) is 5.75 Å². The monoisotopic (exact) mass is 433 g/mol. The van der Waals surface area contributed by atoms with Crippen LogP contribution in [0.4, 0.5) is 10.5 Å². The fourth-order valence-corrected chi connectivity index (χ4v) is 2.66. The molecule has 0 aromatic heterocycles. The number of unbranched alkanes of at least 4 members (excludes halogenated alkanes) is 1. The predicted octanol–water partition coefficient (Wildman–Crippen LogP) is 5.26. The topological polar surface area (TPSA) is 95.9 Å². The van der Waals surface area contributed by atoms with E-state index in [0.717, 1.165) is 16.1 Å². The molecular formula is C20H20BrNO5. The van der Waals surface area contributed by atoms with E-state index in [9.17, 15) is 14.7 Å². The highest BCUT2D eigenvalue weighted by atomic mass is 79.9. The van der Waals surface area contributed by atoms with Gasteiger partial charge in [-0.1, -0.05) is 34.1 Å². The van der Waals surface area contributed by atoms with Crippen molar-refractivity contribution in [2.24, 2.45) is 0 Å². The molecule has 2 aromatic rings. The molecule has 7 heteroatoms. The van der Waals surface area contributed by atoms with Crippen molar-refractivity contribution in [2.45, 2.75) is 25.4 Å². The van der Waals surface area contributed by atoms with Gasteiger partial charge >= 0.3 is 12.1 Å². The van der Waals surface area contributed by atoms with Crippen molar-refractivity contribution in [3.05, 3.63) is 70.7 Å². The molecule has 142 valence electrons. The van der Waals surface area contributed by atoms with Crippen LogP contribution in [0.15, 0.2) is 65.2 Å². The highest BCUT2D eigenvalue weighted by molar-refractivity contribution is 9.10. The summed E-state index contributed by atoms with van der Waals surface area (Å²) in [6.45, 7) is 0. The minimum absolute atomic E-state index is 0.126. The summed E-state index contributed by atoms with van der Waals surface area (Å²) in [5, 5.41) is 20.7. The van der Waals surface area contributed by atoms with Crippen LogP contribution < -0.4 is 5.32 Å².